The summed E-state index contributed by atoms with van der Waals surface area (Å²) in [4.78, 5) is 0. The van der Waals surface area contributed by atoms with Crippen LogP contribution in [0.15, 0.2) is 0 Å². The second-order valence-corrected chi connectivity index (χ2v) is 4.52. The Balaban J connectivity index is -0.000000000479. The third-order valence-corrected chi connectivity index (χ3v) is 3.13. The zero-order valence-electron chi connectivity index (χ0n) is 23.7. The minimum absolute atomic E-state index is 0. The van der Waals surface area contributed by atoms with E-state index >= 15 is 0 Å². The average Bonchev–Trinajstić information content (AvgIpc) is 1.69. The van der Waals surface area contributed by atoms with E-state index < -0.39 is 0 Å². The van der Waals surface area contributed by atoms with E-state index in [-0.39, 0.29) is 278 Å². The first-order chi connectivity index (χ1) is 3.39. The van der Waals surface area contributed by atoms with Crippen molar-refractivity contribution in [3.8, 4) is 0 Å². The molecule has 1 aliphatic rings. The van der Waals surface area contributed by atoms with Crippen molar-refractivity contribution in [1.82, 2.24) is 0 Å². The first-order valence-corrected chi connectivity index (χ1v) is 4.82. The molecule has 1 fully saturated rings. The van der Waals surface area contributed by atoms with E-state index in [1.807, 2.05) is 0 Å². The molecule has 0 amide bonds. The fourth-order valence-corrected chi connectivity index (χ4v) is 1.76. The molecule has 0 atom stereocenters. The third kappa shape index (κ3) is 571. The maximum absolute atomic E-state index is 5.16. The minimum atomic E-state index is 0. The van der Waals surface area contributed by atoms with Crippen LogP contribution in [0.1, 0.15) is 0 Å². The molecule has 0 aromatic heterocycles. The number of rotatable bonds is 0. The Morgan fingerprint density at radius 2 is 0.350 bits per heavy atom. The molecule has 1 aliphatic heterocycles. The molecular formula is C5H11B33OP. The number of ether oxygens (including phenoxy) is 1. The molecular weight excluding hydrogens is 464 g/mol. The van der Waals surface area contributed by atoms with Crippen molar-refractivity contribution in [2.24, 2.45) is 0 Å². The van der Waals surface area contributed by atoms with Gasteiger partial charge in [0.15, 0.2) is 0 Å². The molecule has 35 heteroatoms. The topological polar surface area (TPSA) is 9.23 Å². The molecule has 141 valence electrons. The monoisotopic (exact) mass is 481 g/mol. The largest absolute Gasteiger partial charge is 0.381 e. The Morgan fingerprint density at radius 3 is 0.400 bits per heavy atom. The highest BCUT2D eigenvalue weighted by Crippen LogP contribution is 2.31. The lowest BCUT2D eigenvalue weighted by atomic mass is 10.8. The summed E-state index contributed by atoms with van der Waals surface area (Å²) in [6, 6.07) is 0. The minimum Gasteiger partial charge on any atom is -0.381 e. The second-order valence-electron chi connectivity index (χ2n) is 1.92. The van der Waals surface area contributed by atoms with Crippen molar-refractivity contribution in [3.05, 3.63) is 0 Å². The van der Waals surface area contributed by atoms with E-state index in [2.05, 4.69) is 6.66 Å². The summed E-state index contributed by atoms with van der Waals surface area (Å²) in [5.74, 6) is 0. The summed E-state index contributed by atoms with van der Waals surface area (Å²) >= 11 is 0. The van der Waals surface area contributed by atoms with Crippen LogP contribution in [0.5, 0.6) is 0 Å². The number of hydrogen-bond acceptors (Lipinski definition) is 1. The lowest BCUT2D eigenvalue weighted by Gasteiger charge is -2.17. The van der Waals surface area contributed by atoms with Gasteiger partial charge in [-0.05, 0) is 19.0 Å². The van der Waals surface area contributed by atoms with Gasteiger partial charge < -0.3 is 4.74 Å². The van der Waals surface area contributed by atoms with Crippen LogP contribution in [0, 0.1) is 0 Å². The molecule has 1 heterocycles. The van der Waals surface area contributed by atoms with Gasteiger partial charge in [-0.1, -0.05) is 0 Å². The Labute approximate surface area is 320 Å². The molecule has 1 rings (SSSR count). The molecule has 1 saturated heterocycles. The summed E-state index contributed by atoms with van der Waals surface area (Å²) in [6.45, 7) is 4.38. The van der Waals surface area contributed by atoms with Crippen LogP contribution in [-0.4, -0.2) is 310 Å². The van der Waals surface area contributed by atoms with Gasteiger partial charge in [-0.3, -0.25) is 0 Å². The predicted octanol–water partition coefficient (Wildman–Crippen LogP) is -11.4. The fraction of sp³-hybridized carbons (Fsp3) is 1.00. The summed E-state index contributed by atoms with van der Waals surface area (Å²) < 4.78 is 5.16. The molecule has 0 N–H and O–H groups in total. The van der Waals surface area contributed by atoms with E-state index in [0.717, 1.165) is 13.2 Å². The molecule has 0 bridgehead atoms. The normalized spacial score (nSPS) is 4.42. The van der Waals surface area contributed by atoms with Gasteiger partial charge >= 0.3 is 0 Å². The molecule has 0 unspecified atom stereocenters. The van der Waals surface area contributed by atoms with Crippen LogP contribution in [0.25, 0.3) is 0 Å². The Kier molecular flexibility index (Phi) is 12400. The Morgan fingerprint density at radius 1 is 0.250 bits per heavy atom. The van der Waals surface area contributed by atoms with Gasteiger partial charge in [-0.15, -0.1) is 7.92 Å². The van der Waals surface area contributed by atoms with Crippen LogP contribution < -0.4 is 0 Å². The first kappa shape index (κ1) is 807. The zero-order chi connectivity index (χ0) is 5.11. The zero-order valence-corrected chi connectivity index (χ0v) is 24.6. The van der Waals surface area contributed by atoms with Gasteiger partial charge in [0.2, 0.25) is 0 Å². The van der Waals surface area contributed by atoms with Crippen molar-refractivity contribution in [2.45, 2.75) is 0 Å². The summed E-state index contributed by atoms with van der Waals surface area (Å²) in [5.41, 5.74) is 0. The molecule has 0 aliphatic carbocycles. The van der Waals surface area contributed by atoms with Crippen molar-refractivity contribution < 1.29 is 4.74 Å². The highest BCUT2D eigenvalue weighted by atomic mass is 31.1. The van der Waals surface area contributed by atoms with Gasteiger partial charge in [0.25, 0.3) is 0 Å². The average molecular weight is 475 g/mol. The third-order valence-electron chi connectivity index (χ3n) is 1.23. The van der Waals surface area contributed by atoms with E-state index in [1.54, 1.807) is 0 Å². The van der Waals surface area contributed by atoms with E-state index in [4.69, 9.17) is 4.74 Å². The molecule has 40 heavy (non-hydrogen) atoms. The van der Waals surface area contributed by atoms with Gasteiger partial charge in [0.1, 0.15) is 0 Å². The molecule has 1 nitrogen and oxygen atoms in total. The molecule has 0 spiro atoms. The molecule has 0 saturated carbocycles. The van der Waals surface area contributed by atoms with Gasteiger partial charge in [0, 0.05) is 278 Å². The van der Waals surface area contributed by atoms with E-state index in [0.29, 0.717) is 7.92 Å². The van der Waals surface area contributed by atoms with Gasteiger partial charge in [0.05, 0.1) is 13.2 Å². The lowest BCUT2D eigenvalue weighted by Crippen LogP contribution is -2.11. The van der Waals surface area contributed by atoms with Gasteiger partial charge in [-0.25, -0.2) is 0 Å². The summed E-state index contributed by atoms with van der Waals surface area (Å²) in [5, 5.41) is 0. The molecule has 99 radical (unpaired) electrons. The maximum atomic E-state index is 5.16. The van der Waals surface area contributed by atoms with Crippen molar-refractivity contribution in [3.63, 3.8) is 0 Å². The first-order valence-electron chi connectivity index (χ1n) is 2.66. The number of hydrogen-bond donors (Lipinski definition) is 0. The molecule has 0 aromatic carbocycles. The second kappa shape index (κ2) is 615. The maximum Gasteiger partial charge on any atom is 0.0505 e. The smallest absolute Gasteiger partial charge is 0.0505 e. The van der Waals surface area contributed by atoms with Crippen molar-refractivity contribution in [2.75, 3.05) is 32.2 Å². The van der Waals surface area contributed by atoms with Crippen LogP contribution in [-0.2, 0) is 4.74 Å². The quantitative estimate of drug-likeness (QED) is 0.250. The lowest BCUT2D eigenvalue weighted by molar-refractivity contribution is 0.158. The highest BCUT2D eigenvalue weighted by molar-refractivity contribution is 7.56. The van der Waals surface area contributed by atoms with Crippen LogP contribution >= 0.6 is 7.92 Å². The standard InChI is InChI=1S/C5H11OP.33B/c1-7-4-2-6-3-5-7;;;;;;;;;;;;;;;;;;;;;;;;;;;;;;;;;/h2-5H2,1H3;;;;;;;;;;;;;;;;;;;;;;;;;;;;;;;;;. The molecule has 0 aromatic rings. The fourth-order valence-electron chi connectivity index (χ4n) is 0.655. The van der Waals surface area contributed by atoms with Crippen LogP contribution in [0.2, 0.25) is 0 Å². The Bertz CT molecular complexity index is 76.8. The van der Waals surface area contributed by atoms with E-state index in [9.17, 15) is 0 Å². The SMILES string of the molecule is CP1CCOCC1.[B].[B].[B].[B].[B].[B].[B].[B].[B].[B].[B].[B].[B].[B].[B].[B].[B].[B].[B].[B].[B].[B].[B].[B].[B].[B].[B].[B].[B].[B].[B].[B].[B]. The van der Waals surface area contributed by atoms with Crippen LogP contribution in [0.4, 0.5) is 0 Å². The highest BCUT2D eigenvalue weighted by Gasteiger charge is 2.05. The van der Waals surface area contributed by atoms with E-state index in [1.165, 1.54) is 12.3 Å². The summed E-state index contributed by atoms with van der Waals surface area (Å²) in [6.07, 6.45) is 2.66. The van der Waals surface area contributed by atoms with Crippen LogP contribution in [0.3, 0.4) is 0 Å². The Hall–Kier alpha value is 2.53. The van der Waals surface area contributed by atoms with Gasteiger partial charge in [-0.2, -0.15) is 0 Å². The van der Waals surface area contributed by atoms with Crippen molar-refractivity contribution in [1.29, 1.82) is 0 Å². The predicted molar refractivity (Wildman–Crippen MR) is 223 cm³/mol. The van der Waals surface area contributed by atoms with Crippen molar-refractivity contribution >= 4 is 286 Å². The summed E-state index contributed by atoms with van der Waals surface area (Å²) in [7, 11) is 0.383.